The normalized spacial score (nSPS) is 46.1. The summed E-state index contributed by atoms with van der Waals surface area (Å²) in [6, 6.07) is 0. The SMILES string of the molecule is CC12CCCC1(C(=O)O)CCC2. The molecule has 0 bridgehead atoms. The van der Waals surface area contributed by atoms with Crippen LogP contribution in [0.25, 0.3) is 0 Å². The zero-order chi connectivity index (χ0) is 8.82. The second-order valence-electron chi connectivity index (χ2n) is 4.66. The van der Waals surface area contributed by atoms with Gasteiger partial charge in [-0.1, -0.05) is 19.8 Å². The van der Waals surface area contributed by atoms with Crippen LogP contribution in [0.5, 0.6) is 0 Å². The molecule has 0 heterocycles. The third kappa shape index (κ3) is 0.732. The van der Waals surface area contributed by atoms with E-state index in [0.29, 0.717) is 0 Å². The van der Waals surface area contributed by atoms with Gasteiger partial charge >= 0.3 is 5.97 Å². The van der Waals surface area contributed by atoms with Crippen molar-refractivity contribution in [3.63, 3.8) is 0 Å². The summed E-state index contributed by atoms with van der Waals surface area (Å²) in [5, 5.41) is 9.24. The van der Waals surface area contributed by atoms with E-state index in [-0.39, 0.29) is 10.8 Å². The van der Waals surface area contributed by atoms with Crippen molar-refractivity contribution in [3.05, 3.63) is 0 Å². The van der Waals surface area contributed by atoms with Crippen LogP contribution in [0.4, 0.5) is 0 Å². The highest BCUT2D eigenvalue weighted by Crippen LogP contribution is 2.62. The lowest BCUT2D eigenvalue weighted by Gasteiger charge is -2.33. The van der Waals surface area contributed by atoms with E-state index in [0.717, 1.165) is 38.5 Å². The second kappa shape index (κ2) is 2.24. The topological polar surface area (TPSA) is 37.3 Å². The zero-order valence-corrected chi connectivity index (χ0v) is 7.60. The third-order valence-corrected chi connectivity index (χ3v) is 4.23. The molecule has 0 aromatic heterocycles. The summed E-state index contributed by atoms with van der Waals surface area (Å²) >= 11 is 0. The number of aliphatic carboxylic acids is 1. The summed E-state index contributed by atoms with van der Waals surface area (Å²) in [7, 11) is 0. The van der Waals surface area contributed by atoms with E-state index in [1.54, 1.807) is 0 Å². The minimum atomic E-state index is -0.542. The number of fused-ring (bicyclic) bond motifs is 1. The molecular weight excluding hydrogens is 152 g/mol. The fourth-order valence-corrected chi connectivity index (χ4v) is 3.36. The van der Waals surface area contributed by atoms with Gasteiger partial charge in [-0.3, -0.25) is 4.79 Å². The van der Waals surface area contributed by atoms with Gasteiger partial charge in [0.25, 0.3) is 0 Å². The van der Waals surface area contributed by atoms with Crippen LogP contribution in [-0.4, -0.2) is 11.1 Å². The summed E-state index contributed by atoms with van der Waals surface area (Å²) in [6.07, 6.45) is 6.31. The van der Waals surface area contributed by atoms with E-state index >= 15 is 0 Å². The van der Waals surface area contributed by atoms with Gasteiger partial charge in [0, 0.05) is 0 Å². The van der Waals surface area contributed by atoms with Crippen molar-refractivity contribution in [1.82, 2.24) is 0 Å². The highest BCUT2D eigenvalue weighted by atomic mass is 16.4. The Kier molecular flexibility index (Phi) is 1.51. The molecule has 0 aromatic carbocycles. The summed E-state index contributed by atoms with van der Waals surface area (Å²) in [6.45, 7) is 2.17. The molecule has 68 valence electrons. The predicted molar refractivity (Wildman–Crippen MR) is 45.9 cm³/mol. The maximum absolute atomic E-state index is 11.2. The Morgan fingerprint density at radius 2 is 1.67 bits per heavy atom. The van der Waals surface area contributed by atoms with E-state index in [2.05, 4.69) is 6.92 Å². The third-order valence-electron chi connectivity index (χ3n) is 4.23. The molecule has 1 N–H and O–H groups in total. The van der Waals surface area contributed by atoms with Gasteiger partial charge in [-0.15, -0.1) is 0 Å². The largest absolute Gasteiger partial charge is 0.481 e. The Morgan fingerprint density at radius 3 is 2.00 bits per heavy atom. The van der Waals surface area contributed by atoms with Crippen LogP contribution < -0.4 is 0 Å². The van der Waals surface area contributed by atoms with Crippen LogP contribution >= 0.6 is 0 Å². The first-order valence-electron chi connectivity index (χ1n) is 4.84. The minimum absolute atomic E-state index is 0.124. The molecule has 2 aliphatic rings. The van der Waals surface area contributed by atoms with Gasteiger partial charge in [0.05, 0.1) is 5.41 Å². The van der Waals surface area contributed by atoms with E-state index in [9.17, 15) is 9.90 Å². The standard InChI is InChI=1S/C10H16O2/c1-9-4-2-6-10(9,8(11)12)7-3-5-9/h2-7H2,1H3,(H,11,12). The fraction of sp³-hybridized carbons (Fsp3) is 0.900. The Bertz CT molecular complexity index is 210. The Morgan fingerprint density at radius 1 is 1.17 bits per heavy atom. The lowest BCUT2D eigenvalue weighted by atomic mass is 9.69. The van der Waals surface area contributed by atoms with E-state index in [4.69, 9.17) is 0 Å². The molecule has 2 nitrogen and oxygen atoms in total. The van der Waals surface area contributed by atoms with Crippen molar-refractivity contribution in [1.29, 1.82) is 0 Å². The quantitative estimate of drug-likeness (QED) is 0.653. The molecule has 0 saturated heterocycles. The van der Waals surface area contributed by atoms with Gasteiger partial charge in [0.15, 0.2) is 0 Å². The van der Waals surface area contributed by atoms with Crippen LogP contribution in [0.1, 0.15) is 45.4 Å². The molecular formula is C10H16O2. The first-order valence-corrected chi connectivity index (χ1v) is 4.84. The van der Waals surface area contributed by atoms with E-state index < -0.39 is 5.97 Å². The van der Waals surface area contributed by atoms with Crippen molar-refractivity contribution >= 4 is 5.97 Å². The van der Waals surface area contributed by atoms with E-state index in [1.165, 1.54) is 0 Å². The lowest BCUT2D eigenvalue weighted by Crippen LogP contribution is -2.37. The van der Waals surface area contributed by atoms with Gasteiger partial charge in [-0.05, 0) is 31.1 Å². The van der Waals surface area contributed by atoms with Crippen LogP contribution in [0.3, 0.4) is 0 Å². The number of hydrogen-bond donors (Lipinski definition) is 1. The van der Waals surface area contributed by atoms with Crippen LogP contribution in [-0.2, 0) is 4.79 Å². The summed E-state index contributed by atoms with van der Waals surface area (Å²) in [5.74, 6) is -0.542. The number of carboxylic acid groups (broad SMARTS) is 1. The monoisotopic (exact) mass is 168 g/mol. The summed E-state index contributed by atoms with van der Waals surface area (Å²) in [4.78, 5) is 11.2. The van der Waals surface area contributed by atoms with E-state index in [1.807, 2.05) is 0 Å². The van der Waals surface area contributed by atoms with Gasteiger partial charge in [0.2, 0.25) is 0 Å². The highest BCUT2D eigenvalue weighted by Gasteiger charge is 2.59. The Balaban J connectivity index is 2.38. The Labute approximate surface area is 73.0 Å². The first-order chi connectivity index (χ1) is 5.61. The summed E-state index contributed by atoms with van der Waals surface area (Å²) in [5.41, 5.74) is -0.216. The molecule has 0 amide bonds. The number of rotatable bonds is 1. The predicted octanol–water partition coefficient (Wildman–Crippen LogP) is 2.43. The average molecular weight is 168 g/mol. The van der Waals surface area contributed by atoms with Crippen LogP contribution in [0.15, 0.2) is 0 Å². The van der Waals surface area contributed by atoms with Crippen molar-refractivity contribution in [2.24, 2.45) is 10.8 Å². The highest BCUT2D eigenvalue weighted by molar-refractivity contribution is 5.76. The molecule has 0 unspecified atom stereocenters. The van der Waals surface area contributed by atoms with Gasteiger partial charge in [-0.2, -0.15) is 0 Å². The molecule has 2 heteroatoms. The number of carbonyl (C=O) groups is 1. The van der Waals surface area contributed by atoms with Crippen molar-refractivity contribution in [3.8, 4) is 0 Å². The van der Waals surface area contributed by atoms with Gasteiger partial charge in [-0.25, -0.2) is 0 Å². The molecule has 0 aromatic rings. The zero-order valence-electron chi connectivity index (χ0n) is 7.60. The molecule has 0 spiro atoms. The fourth-order valence-electron chi connectivity index (χ4n) is 3.36. The molecule has 0 aliphatic heterocycles. The number of carboxylic acids is 1. The van der Waals surface area contributed by atoms with Crippen molar-refractivity contribution < 1.29 is 9.90 Å². The van der Waals surface area contributed by atoms with Gasteiger partial charge < -0.3 is 5.11 Å². The molecule has 2 aliphatic carbocycles. The second-order valence-corrected chi connectivity index (χ2v) is 4.66. The Hall–Kier alpha value is -0.530. The van der Waals surface area contributed by atoms with Crippen LogP contribution in [0.2, 0.25) is 0 Å². The van der Waals surface area contributed by atoms with Crippen molar-refractivity contribution in [2.45, 2.75) is 45.4 Å². The summed E-state index contributed by atoms with van der Waals surface area (Å²) < 4.78 is 0. The molecule has 0 atom stereocenters. The molecule has 2 fully saturated rings. The number of hydrogen-bond acceptors (Lipinski definition) is 1. The van der Waals surface area contributed by atoms with Crippen LogP contribution in [0, 0.1) is 10.8 Å². The molecule has 12 heavy (non-hydrogen) atoms. The molecule has 2 saturated carbocycles. The first kappa shape index (κ1) is 8.09. The lowest BCUT2D eigenvalue weighted by molar-refractivity contribution is -0.153. The maximum atomic E-state index is 11.2. The minimum Gasteiger partial charge on any atom is -0.481 e. The molecule has 0 radical (unpaired) electrons. The smallest absolute Gasteiger partial charge is 0.310 e. The maximum Gasteiger partial charge on any atom is 0.310 e. The van der Waals surface area contributed by atoms with Crippen molar-refractivity contribution in [2.75, 3.05) is 0 Å². The average Bonchev–Trinajstić information content (AvgIpc) is 2.41. The molecule has 2 rings (SSSR count). The van der Waals surface area contributed by atoms with Gasteiger partial charge in [0.1, 0.15) is 0 Å².